The molecule has 1 aromatic carbocycles. The van der Waals surface area contributed by atoms with Crippen LogP contribution < -0.4 is 15.4 Å². The molecule has 0 aromatic heterocycles. The van der Waals surface area contributed by atoms with E-state index in [1.807, 2.05) is 0 Å². The van der Waals surface area contributed by atoms with Crippen LogP contribution in [0.25, 0.3) is 0 Å². The SMILES string of the molecule is CCNS(=O)(=O)c1ccc(N)c(N2CCCC(C)(C)C2)c1. The van der Waals surface area contributed by atoms with E-state index in [1.54, 1.807) is 25.1 Å². The van der Waals surface area contributed by atoms with E-state index in [0.717, 1.165) is 25.2 Å². The van der Waals surface area contributed by atoms with Gasteiger partial charge in [0.25, 0.3) is 0 Å². The molecule has 5 nitrogen and oxygen atoms in total. The Bertz CT molecular complexity index is 611. The number of nitrogens with one attached hydrogen (secondary N) is 1. The second-order valence-electron chi connectivity index (χ2n) is 6.41. The topological polar surface area (TPSA) is 75.4 Å². The lowest BCUT2D eigenvalue weighted by molar-refractivity contribution is 0.293. The van der Waals surface area contributed by atoms with Crippen LogP contribution in [0.15, 0.2) is 23.1 Å². The van der Waals surface area contributed by atoms with Crippen LogP contribution in [0.4, 0.5) is 11.4 Å². The quantitative estimate of drug-likeness (QED) is 0.836. The predicted molar refractivity (Wildman–Crippen MR) is 86.9 cm³/mol. The Balaban J connectivity index is 2.36. The van der Waals surface area contributed by atoms with Crippen molar-refractivity contribution >= 4 is 21.4 Å². The molecule has 2 rings (SSSR count). The second-order valence-corrected chi connectivity index (χ2v) is 8.18. The summed E-state index contributed by atoms with van der Waals surface area (Å²) >= 11 is 0. The molecule has 0 bridgehead atoms. The molecule has 0 radical (unpaired) electrons. The number of nitrogen functional groups attached to an aromatic ring is 1. The Morgan fingerprint density at radius 1 is 1.38 bits per heavy atom. The van der Waals surface area contributed by atoms with E-state index in [4.69, 9.17) is 5.73 Å². The number of hydrogen-bond donors (Lipinski definition) is 2. The standard InChI is InChI=1S/C15H25N3O2S/c1-4-17-21(19,20)12-6-7-13(16)14(10-12)18-9-5-8-15(2,3)11-18/h6-7,10,17H,4-5,8-9,11,16H2,1-3H3. The fourth-order valence-corrected chi connectivity index (χ4v) is 3.93. The molecular weight excluding hydrogens is 286 g/mol. The lowest BCUT2D eigenvalue weighted by atomic mass is 9.84. The van der Waals surface area contributed by atoms with Gasteiger partial charge >= 0.3 is 0 Å². The van der Waals surface area contributed by atoms with Crippen LogP contribution in [-0.2, 0) is 10.0 Å². The zero-order chi connectivity index (χ0) is 15.7. The summed E-state index contributed by atoms with van der Waals surface area (Å²) in [6, 6.07) is 4.93. The van der Waals surface area contributed by atoms with Gasteiger partial charge in [-0.1, -0.05) is 20.8 Å². The molecule has 3 N–H and O–H groups in total. The van der Waals surface area contributed by atoms with Gasteiger partial charge in [-0.3, -0.25) is 0 Å². The van der Waals surface area contributed by atoms with Gasteiger partial charge in [-0.05, 0) is 36.5 Å². The Morgan fingerprint density at radius 2 is 2.10 bits per heavy atom. The smallest absolute Gasteiger partial charge is 0.240 e. The molecule has 1 fully saturated rings. The minimum atomic E-state index is -3.45. The van der Waals surface area contributed by atoms with E-state index in [2.05, 4.69) is 23.5 Å². The predicted octanol–water partition coefficient (Wildman–Crippen LogP) is 2.19. The normalized spacial score (nSPS) is 18.7. The van der Waals surface area contributed by atoms with Gasteiger partial charge in [0.15, 0.2) is 0 Å². The maximum Gasteiger partial charge on any atom is 0.240 e. The van der Waals surface area contributed by atoms with Crippen molar-refractivity contribution in [3.63, 3.8) is 0 Å². The summed E-state index contributed by atoms with van der Waals surface area (Å²) < 4.78 is 26.8. The zero-order valence-corrected chi connectivity index (χ0v) is 13.8. The summed E-state index contributed by atoms with van der Waals surface area (Å²) in [5, 5.41) is 0. The van der Waals surface area contributed by atoms with Crippen LogP contribution in [-0.4, -0.2) is 28.1 Å². The van der Waals surface area contributed by atoms with Crippen molar-refractivity contribution in [2.45, 2.75) is 38.5 Å². The summed E-state index contributed by atoms with van der Waals surface area (Å²) in [6.07, 6.45) is 2.27. The third kappa shape index (κ3) is 3.68. The van der Waals surface area contributed by atoms with Gasteiger partial charge in [0.1, 0.15) is 0 Å². The fraction of sp³-hybridized carbons (Fsp3) is 0.600. The number of sulfonamides is 1. The van der Waals surface area contributed by atoms with Gasteiger partial charge in [0.05, 0.1) is 16.3 Å². The molecule has 118 valence electrons. The van der Waals surface area contributed by atoms with Gasteiger partial charge in [0.2, 0.25) is 10.0 Å². The molecule has 1 aliphatic rings. The van der Waals surface area contributed by atoms with E-state index < -0.39 is 10.0 Å². The monoisotopic (exact) mass is 311 g/mol. The summed E-state index contributed by atoms with van der Waals surface area (Å²) in [5.41, 5.74) is 7.74. The highest BCUT2D eigenvalue weighted by atomic mass is 32.2. The Hall–Kier alpha value is -1.27. The number of anilines is 2. The number of benzene rings is 1. The summed E-state index contributed by atoms with van der Waals surface area (Å²) in [6.45, 7) is 8.41. The lowest BCUT2D eigenvalue weighted by Crippen LogP contribution is -2.40. The third-order valence-corrected chi connectivity index (χ3v) is 5.43. The third-order valence-electron chi connectivity index (χ3n) is 3.89. The van der Waals surface area contributed by atoms with Crippen molar-refractivity contribution in [2.75, 3.05) is 30.3 Å². The van der Waals surface area contributed by atoms with Crippen molar-refractivity contribution in [1.82, 2.24) is 4.72 Å². The Kier molecular flexibility index (Phi) is 4.49. The average Bonchev–Trinajstić information content (AvgIpc) is 2.37. The number of rotatable bonds is 4. The van der Waals surface area contributed by atoms with Gasteiger partial charge in [-0.25, -0.2) is 13.1 Å². The maximum absolute atomic E-state index is 12.1. The first kappa shape index (κ1) is 16.1. The molecule has 0 unspecified atom stereocenters. The number of piperidine rings is 1. The minimum Gasteiger partial charge on any atom is -0.397 e. The van der Waals surface area contributed by atoms with Crippen LogP contribution in [0, 0.1) is 5.41 Å². The zero-order valence-electron chi connectivity index (χ0n) is 13.0. The van der Waals surface area contributed by atoms with Crippen molar-refractivity contribution < 1.29 is 8.42 Å². The molecule has 1 aromatic rings. The highest BCUT2D eigenvalue weighted by Crippen LogP contribution is 2.35. The van der Waals surface area contributed by atoms with E-state index in [9.17, 15) is 8.42 Å². The molecular formula is C15H25N3O2S. The molecule has 0 aliphatic carbocycles. The first-order chi connectivity index (χ1) is 9.75. The van der Waals surface area contributed by atoms with Gasteiger partial charge in [-0.15, -0.1) is 0 Å². The van der Waals surface area contributed by atoms with Crippen molar-refractivity contribution in [1.29, 1.82) is 0 Å². The lowest BCUT2D eigenvalue weighted by Gasteiger charge is -2.40. The second kappa shape index (κ2) is 5.85. The summed E-state index contributed by atoms with van der Waals surface area (Å²) in [5.74, 6) is 0. The van der Waals surface area contributed by atoms with Crippen molar-refractivity contribution in [2.24, 2.45) is 5.41 Å². The van der Waals surface area contributed by atoms with Crippen LogP contribution >= 0.6 is 0 Å². The van der Waals surface area contributed by atoms with Gasteiger partial charge < -0.3 is 10.6 Å². The van der Waals surface area contributed by atoms with Crippen LogP contribution in [0.5, 0.6) is 0 Å². The highest BCUT2D eigenvalue weighted by Gasteiger charge is 2.28. The van der Waals surface area contributed by atoms with E-state index >= 15 is 0 Å². The first-order valence-electron chi connectivity index (χ1n) is 7.39. The maximum atomic E-state index is 12.1. The van der Waals surface area contributed by atoms with Crippen molar-refractivity contribution in [3.05, 3.63) is 18.2 Å². The molecule has 0 spiro atoms. The largest absolute Gasteiger partial charge is 0.397 e. The summed E-state index contributed by atoms with van der Waals surface area (Å²) in [4.78, 5) is 2.47. The van der Waals surface area contributed by atoms with Crippen LogP contribution in [0.1, 0.15) is 33.6 Å². The van der Waals surface area contributed by atoms with E-state index in [-0.39, 0.29) is 10.3 Å². The minimum absolute atomic E-state index is 0.223. The van der Waals surface area contributed by atoms with Crippen LogP contribution in [0.3, 0.4) is 0 Å². The number of hydrogen-bond acceptors (Lipinski definition) is 4. The molecule has 6 heteroatoms. The number of nitrogens with zero attached hydrogens (tertiary/aromatic N) is 1. The highest BCUT2D eigenvalue weighted by molar-refractivity contribution is 7.89. The van der Waals surface area contributed by atoms with E-state index in [0.29, 0.717) is 12.2 Å². The molecule has 0 atom stereocenters. The first-order valence-corrected chi connectivity index (χ1v) is 8.88. The Labute approximate surface area is 127 Å². The fourth-order valence-electron chi connectivity index (χ4n) is 2.87. The number of nitrogens with two attached hydrogens (primary N) is 1. The van der Waals surface area contributed by atoms with Gasteiger partial charge in [-0.2, -0.15) is 0 Å². The molecule has 1 saturated heterocycles. The Morgan fingerprint density at radius 3 is 2.71 bits per heavy atom. The molecule has 1 heterocycles. The van der Waals surface area contributed by atoms with Crippen LogP contribution in [0.2, 0.25) is 0 Å². The van der Waals surface area contributed by atoms with E-state index in [1.165, 1.54) is 6.42 Å². The summed E-state index contributed by atoms with van der Waals surface area (Å²) in [7, 11) is -3.45. The molecule has 21 heavy (non-hydrogen) atoms. The van der Waals surface area contributed by atoms with Crippen molar-refractivity contribution in [3.8, 4) is 0 Å². The molecule has 0 amide bonds. The average molecular weight is 311 g/mol. The molecule has 1 aliphatic heterocycles. The molecule has 0 saturated carbocycles. The van der Waals surface area contributed by atoms with Gasteiger partial charge in [0, 0.05) is 19.6 Å².